The van der Waals surface area contributed by atoms with Crippen LogP contribution in [0.4, 0.5) is 0 Å². The maximum atomic E-state index is 12.9. The number of hydrogen-bond acceptors (Lipinski definition) is 4. The Bertz CT molecular complexity index is 1040. The van der Waals surface area contributed by atoms with E-state index in [-0.39, 0.29) is 19.1 Å². The van der Waals surface area contributed by atoms with Gasteiger partial charge in [0, 0.05) is 30.9 Å². The average molecular weight is 401 g/mol. The lowest BCUT2D eigenvalue weighted by molar-refractivity contribution is -0.153. The van der Waals surface area contributed by atoms with E-state index in [1.807, 2.05) is 54.6 Å². The highest BCUT2D eigenvalue weighted by Crippen LogP contribution is 2.27. The van der Waals surface area contributed by atoms with Gasteiger partial charge in [-0.05, 0) is 41.0 Å². The topological polar surface area (TPSA) is 85.5 Å². The van der Waals surface area contributed by atoms with Gasteiger partial charge < -0.3 is 15.4 Å². The van der Waals surface area contributed by atoms with Crippen LogP contribution in [0.25, 0.3) is 11.1 Å². The Labute approximate surface area is 175 Å². The standard InChI is InChI=1S/C24H23N3O3/c25-23(29)24(16-18-5-4-8-21(15-18)19-9-11-26-12-10-19)17-27(13-14-30-24)22(28)20-6-2-1-3-7-20/h1-12,15H,13-14,16-17H2,(H2,25,29). The summed E-state index contributed by atoms with van der Waals surface area (Å²) in [7, 11) is 0. The first-order valence-electron chi connectivity index (χ1n) is 9.85. The van der Waals surface area contributed by atoms with Crippen LogP contribution in [-0.2, 0) is 16.0 Å². The van der Waals surface area contributed by atoms with Crippen molar-refractivity contribution in [3.8, 4) is 11.1 Å². The molecular weight excluding hydrogens is 378 g/mol. The lowest BCUT2D eigenvalue weighted by Crippen LogP contribution is -2.61. The summed E-state index contributed by atoms with van der Waals surface area (Å²) in [5.41, 5.74) is 8.07. The van der Waals surface area contributed by atoms with E-state index in [2.05, 4.69) is 4.98 Å². The molecule has 0 saturated carbocycles. The zero-order valence-corrected chi connectivity index (χ0v) is 16.5. The lowest BCUT2D eigenvalue weighted by atomic mass is 9.90. The third-order valence-electron chi connectivity index (χ3n) is 5.37. The predicted octanol–water partition coefficient (Wildman–Crippen LogP) is 2.69. The van der Waals surface area contributed by atoms with Gasteiger partial charge in [-0.25, -0.2) is 0 Å². The van der Waals surface area contributed by atoms with Gasteiger partial charge >= 0.3 is 0 Å². The third kappa shape index (κ3) is 4.09. The van der Waals surface area contributed by atoms with Gasteiger partial charge in [0.05, 0.1) is 13.2 Å². The van der Waals surface area contributed by atoms with E-state index in [0.29, 0.717) is 18.5 Å². The fraction of sp³-hybridized carbons (Fsp3) is 0.208. The number of carbonyl (C=O) groups excluding carboxylic acids is 2. The van der Waals surface area contributed by atoms with Crippen molar-refractivity contribution in [3.05, 3.63) is 90.3 Å². The molecule has 1 saturated heterocycles. The van der Waals surface area contributed by atoms with Gasteiger partial charge in [-0.3, -0.25) is 14.6 Å². The maximum absolute atomic E-state index is 12.9. The average Bonchev–Trinajstić information content (AvgIpc) is 2.80. The SMILES string of the molecule is NC(=O)C1(Cc2cccc(-c3ccncc3)c2)CN(C(=O)c2ccccc2)CCO1. The molecule has 30 heavy (non-hydrogen) atoms. The summed E-state index contributed by atoms with van der Waals surface area (Å²) in [5.74, 6) is -0.697. The molecule has 3 aromatic rings. The Kier molecular flexibility index (Phi) is 5.59. The first kappa shape index (κ1) is 19.8. The number of pyridine rings is 1. The molecule has 1 fully saturated rings. The molecule has 1 aromatic heterocycles. The molecule has 2 N–H and O–H groups in total. The number of nitrogens with two attached hydrogens (primary N) is 1. The fourth-order valence-corrected chi connectivity index (χ4v) is 3.80. The number of benzene rings is 2. The number of primary amides is 1. The van der Waals surface area contributed by atoms with Crippen LogP contribution in [-0.4, -0.2) is 47.0 Å². The molecule has 1 aliphatic heterocycles. The Balaban J connectivity index is 1.59. The minimum atomic E-state index is -1.26. The molecule has 1 aliphatic rings. The van der Waals surface area contributed by atoms with Crippen molar-refractivity contribution in [3.63, 3.8) is 0 Å². The molecule has 1 atom stereocenters. The Morgan fingerprint density at radius 3 is 2.50 bits per heavy atom. The molecule has 2 heterocycles. The van der Waals surface area contributed by atoms with Crippen molar-refractivity contribution in [1.82, 2.24) is 9.88 Å². The van der Waals surface area contributed by atoms with Crippen LogP contribution < -0.4 is 5.73 Å². The highest BCUT2D eigenvalue weighted by atomic mass is 16.5. The number of nitrogens with zero attached hydrogens (tertiary/aromatic N) is 2. The normalized spacial score (nSPS) is 18.7. The number of hydrogen-bond donors (Lipinski definition) is 1. The molecule has 6 nitrogen and oxygen atoms in total. The Morgan fingerprint density at radius 2 is 1.77 bits per heavy atom. The first-order chi connectivity index (χ1) is 14.6. The van der Waals surface area contributed by atoms with Gasteiger partial charge in [0.1, 0.15) is 0 Å². The van der Waals surface area contributed by atoms with E-state index in [9.17, 15) is 9.59 Å². The van der Waals surface area contributed by atoms with Crippen LogP contribution in [0.15, 0.2) is 79.1 Å². The number of rotatable bonds is 5. The summed E-state index contributed by atoms with van der Waals surface area (Å²) < 4.78 is 5.91. The first-order valence-corrected chi connectivity index (χ1v) is 9.85. The smallest absolute Gasteiger partial charge is 0.254 e. The zero-order chi connectivity index (χ0) is 21.0. The van der Waals surface area contributed by atoms with Gasteiger partial charge in [-0.1, -0.05) is 42.5 Å². The molecule has 6 heteroatoms. The second kappa shape index (κ2) is 8.47. The van der Waals surface area contributed by atoms with E-state index in [0.717, 1.165) is 16.7 Å². The Hall–Kier alpha value is -3.51. The molecule has 0 radical (unpaired) electrons. The van der Waals surface area contributed by atoms with E-state index < -0.39 is 11.5 Å². The van der Waals surface area contributed by atoms with Crippen molar-refractivity contribution in [2.45, 2.75) is 12.0 Å². The number of morpholine rings is 1. The number of aromatic nitrogens is 1. The minimum Gasteiger partial charge on any atom is -0.367 e. The van der Waals surface area contributed by atoms with Gasteiger partial charge in [0.2, 0.25) is 0 Å². The Morgan fingerprint density at radius 1 is 1.00 bits per heavy atom. The second-order valence-electron chi connectivity index (χ2n) is 7.41. The zero-order valence-electron chi connectivity index (χ0n) is 16.5. The maximum Gasteiger partial charge on any atom is 0.254 e. The van der Waals surface area contributed by atoms with Crippen LogP contribution in [0.5, 0.6) is 0 Å². The minimum absolute atomic E-state index is 0.121. The summed E-state index contributed by atoms with van der Waals surface area (Å²) in [6, 6.07) is 20.8. The lowest BCUT2D eigenvalue weighted by Gasteiger charge is -2.40. The van der Waals surface area contributed by atoms with Gasteiger partial charge in [0.15, 0.2) is 5.60 Å². The molecule has 1 unspecified atom stereocenters. The van der Waals surface area contributed by atoms with Crippen molar-refractivity contribution < 1.29 is 14.3 Å². The van der Waals surface area contributed by atoms with Crippen molar-refractivity contribution in [2.24, 2.45) is 5.73 Å². The molecule has 0 aliphatic carbocycles. The van der Waals surface area contributed by atoms with E-state index in [4.69, 9.17) is 10.5 Å². The van der Waals surface area contributed by atoms with E-state index >= 15 is 0 Å². The summed E-state index contributed by atoms with van der Waals surface area (Å²) >= 11 is 0. The van der Waals surface area contributed by atoms with Crippen LogP contribution in [0.1, 0.15) is 15.9 Å². The quantitative estimate of drug-likeness (QED) is 0.712. The summed E-state index contributed by atoms with van der Waals surface area (Å²) in [6.45, 7) is 0.793. The summed E-state index contributed by atoms with van der Waals surface area (Å²) in [6.07, 6.45) is 3.77. The molecule has 0 spiro atoms. The van der Waals surface area contributed by atoms with Crippen molar-refractivity contribution >= 4 is 11.8 Å². The number of carbonyl (C=O) groups is 2. The summed E-state index contributed by atoms with van der Waals surface area (Å²) in [4.78, 5) is 31.1. The molecule has 2 amide bonds. The molecule has 2 aromatic carbocycles. The van der Waals surface area contributed by atoms with Crippen molar-refractivity contribution in [1.29, 1.82) is 0 Å². The van der Waals surface area contributed by atoms with Crippen LogP contribution in [0.2, 0.25) is 0 Å². The second-order valence-corrected chi connectivity index (χ2v) is 7.41. The molecule has 152 valence electrons. The van der Waals surface area contributed by atoms with Crippen LogP contribution >= 0.6 is 0 Å². The van der Waals surface area contributed by atoms with Gasteiger partial charge in [0.25, 0.3) is 11.8 Å². The third-order valence-corrected chi connectivity index (χ3v) is 5.37. The molecular formula is C24H23N3O3. The van der Waals surface area contributed by atoms with E-state index in [1.54, 1.807) is 29.4 Å². The van der Waals surface area contributed by atoms with Crippen LogP contribution in [0.3, 0.4) is 0 Å². The number of amides is 2. The van der Waals surface area contributed by atoms with Gasteiger partial charge in [-0.15, -0.1) is 0 Å². The predicted molar refractivity (Wildman–Crippen MR) is 114 cm³/mol. The van der Waals surface area contributed by atoms with Gasteiger partial charge in [-0.2, -0.15) is 0 Å². The largest absolute Gasteiger partial charge is 0.367 e. The van der Waals surface area contributed by atoms with Crippen LogP contribution in [0, 0.1) is 0 Å². The number of ether oxygens (including phenoxy) is 1. The monoisotopic (exact) mass is 401 g/mol. The summed E-state index contributed by atoms with van der Waals surface area (Å²) in [5, 5.41) is 0. The fourth-order valence-electron chi connectivity index (χ4n) is 3.80. The highest BCUT2D eigenvalue weighted by Gasteiger charge is 2.44. The molecule has 0 bridgehead atoms. The highest BCUT2D eigenvalue weighted by molar-refractivity contribution is 5.95. The molecule has 4 rings (SSSR count). The van der Waals surface area contributed by atoms with Crippen molar-refractivity contribution in [2.75, 3.05) is 19.7 Å². The van der Waals surface area contributed by atoms with E-state index in [1.165, 1.54) is 0 Å².